The summed E-state index contributed by atoms with van der Waals surface area (Å²) in [6.07, 6.45) is 2.24. The summed E-state index contributed by atoms with van der Waals surface area (Å²) in [6, 6.07) is 5.61. The summed E-state index contributed by atoms with van der Waals surface area (Å²) in [5, 5.41) is 8.35. The van der Waals surface area contributed by atoms with Crippen molar-refractivity contribution in [2.45, 2.75) is 6.42 Å². The molecule has 0 aromatic carbocycles. The zero-order valence-corrected chi connectivity index (χ0v) is 4.99. The minimum absolute atomic E-state index is 0.529. The van der Waals surface area contributed by atoms with E-state index in [0.29, 0.717) is 6.42 Å². The van der Waals surface area contributed by atoms with Gasteiger partial charge in [-0.05, 0) is 12.1 Å². The van der Waals surface area contributed by atoms with Crippen LogP contribution in [0.4, 0.5) is 0 Å². The van der Waals surface area contributed by atoms with Gasteiger partial charge in [0, 0.05) is 18.3 Å². The summed E-state index contributed by atoms with van der Waals surface area (Å²) < 4.78 is 0. The first-order valence-corrected chi connectivity index (χ1v) is 2.79. The Morgan fingerprint density at radius 1 is 1.56 bits per heavy atom. The summed E-state index contributed by atoms with van der Waals surface area (Å²) in [7, 11) is 0. The topological polar surface area (TPSA) is 33.1 Å². The highest BCUT2D eigenvalue weighted by Crippen LogP contribution is 1.94. The standard InChI is InChI=1S/C7H8NO/c9-6-4-7-3-1-2-5-8-7/h1-3,5-6,9H,4H2. The zero-order chi connectivity index (χ0) is 6.53. The second-order valence-electron chi connectivity index (χ2n) is 1.71. The molecule has 0 amide bonds. The quantitative estimate of drug-likeness (QED) is 0.638. The van der Waals surface area contributed by atoms with E-state index in [-0.39, 0.29) is 0 Å². The van der Waals surface area contributed by atoms with Crippen molar-refractivity contribution in [1.29, 1.82) is 0 Å². The largest absolute Gasteiger partial charge is 0.390 e. The lowest BCUT2D eigenvalue weighted by molar-refractivity contribution is 0.384. The minimum Gasteiger partial charge on any atom is -0.390 e. The molecule has 0 fully saturated rings. The fourth-order valence-electron chi connectivity index (χ4n) is 0.612. The highest BCUT2D eigenvalue weighted by Gasteiger charge is 1.87. The van der Waals surface area contributed by atoms with Crippen LogP contribution in [0, 0.1) is 6.61 Å². The Bertz CT molecular complexity index is 162. The van der Waals surface area contributed by atoms with Crippen molar-refractivity contribution in [2.24, 2.45) is 0 Å². The van der Waals surface area contributed by atoms with Crippen LogP contribution >= 0.6 is 0 Å². The molecule has 9 heavy (non-hydrogen) atoms. The van der Waals surface area contributed by atoms with Gasteiger partial charge >= 0.3 is 0 Å². The number of nitrogens with zero attached hydrogens (tertiary/aromatic N) is 1. The second kappa shape index (κ2) is 3.20. The van der Waals surface area contributed by atoms with Crippen LogP contribution in [0.5, 0.6) is 0 Å². The van der Waals surface area contributed by atoms with E-state index in [4.69, 9.17) is 5.11 Å². The van der Waals surface area contributed by atoms with Crippen molar-refractivity contribution >= 4 is 0 Å². The molecular weight excluding hydrogens is 114 g/mol. The van der Waals surface area contributed by atoms with Crippen molar-refractivity contribution in [2.75, 3.05) is 0 Å². The number of aromatic nitrogens is 1. The lowest BCUT2D eigenvalue weighted by Gasteiger charge is -1.91. The number of pyridine rings is 1. The van der Waals surface area contributed by atoms with Gasteiger partial charge in [-0.25, -0.2) is 0 Å². The van der Waals surface area contributed by atoms with Crippen LogP contribution in [0.1, 0.15) is 5.69 Å². The second-order valence-corrected chi connectivity index (χ2v) is 1.71. The molecule has 1 aromatic heterocycles. The smallest absolute Gasteiger partial charge is 0.0858 e. The van der Waals surface area contributed by atoms with Gasteiger partial charge in [-0.1, -0.05) is 6.07 Å². The highest BCUT2D eigenvalue weighted by molar-refractivity contribution is 5.04. The van der Waals surface area contributed by atoms with Crippen molar-refractivity contribution in [3.05, 3.63) is 36.7 Å². The van der Waals surface area contributed by atoms with E-state index in [1.54, 1.807) is 6.20 Å². The third-order valence-electron chi connectivity index (χ3n) is 1.03. The molecule has 1 rings (SSSR count). The van der Waals surface area contributed by atoms with Crippen LogP contribution in [0.25, 0.3) is 0 Å². The van der Waals surface area contributed by atoms with E-state index >= 15 is 0 Å². The third kappa shape index (κ3) is 1.82. The molecule has 1 N–H and O–H groups in total. The fourth-order valence-corrected chi connectivity index (χ4v) is 0.612. The summed E-state index contributed by atoms with van der Waals surface area (Å²) in [5.74, 6) is 0. The van der Waals surface area contributed by atoms with Crippen molar-refractivity contribution < 1.29 is 5.11 Å². The molecule has 0 aliphatic carbocycles. The molecule has 0 aliphatic heterocycles. The van der Waals surface area contributed by atoms with Crippen LogP contribution in [0.15, 0.2) is 24.4 Å². The molecule has 0 aliphatic rings. The van der Waals surface area contributed by atoms with E-state index < -0.39 is 0 Å². The molecule has 0 atom stereocenters. The summed E-state index contributed by atoms with van der Waals surface area (Å²) in [5.41, 5.74) is 0.889. The van der Waals surface area contributed by atoms with E-state index in [1.807, 2.05) is 18.2 Å². The van der Waals surface area contributed by atoms with Gasteiger partial charge in [-0.15, -0.1) is 0 Å². The summed E-state index contributed by atoms with van der Waals surface area (Å²) in [6.45, 7) is 1.10. The first-order valence-electron chi connectivity index (χ1n) is 2.79. The third-order valence-corrected chi connectivity index (χ3v) is 1.03. The summed E-state index contributed by atoms with van der Waals surface area (Å²) in [4.78, 5) is 3.98. The first kappa shape index (κ1) is 6.23. The monoisotopic (exact) mass is 122 g/mol. The Morgan fingerprint density at radius 2 is 2.44 bits per heavy atom. The average molecular weight is 122 g/mol. The van der Waals surface area contributed by atoms with Crippen LogP contribution in [0.2, 0.25) is 0 Å². The zero-order valence-electron chi connectivity index (χ0n) is 4.99. The van der Waals surface area contributed by atoms with Gasteiger partial charge in [0.25, 0.3) is 0 Å². The molecule has 47 valence electrons. The molecule has 2 heteroatoms. The molecule has 1 radical (unpaired) electrons. The van der Waals surface area contributed by atoms with Crippen LogP contribution in [-0.4, -0.2) is 10.1 Å². The van der Waals surface area contributed by atoms with Crippen LogP contribution in [-0.2, 0) is 6.42 Å². The molecule has 0 bridgehead atoms. The molecule has 0 saturated carbocycles. The number of hydrogen-bond donors (Lipinski definition) is 1. The number of aliphatic hydroxyl groups is 1. The Labute approximate surface area is 54.2 Å². The SMILES string of the molecule is O[CH]Cc1ccccn1. The van der Waals surface area contributed by atoms with Gasteiger partial charge in [-0.2, -0.15) is 0 Å². The number of rotatable bonds is 2. The predicted octanol–water partition coefficient (Wildman–Crippen LogP) is 1.16. The Hall–Kier alpha value is -0.890. The van der Waals surface area contributed by atoms with E-state index in [2.05, 4.69) is 4.98 Å². The summed E-state index contributed by atoms with van der Waals surface area (Å²) >= 11 is 0. The normalized spacial score (nSPS) is 9.44. The lowest BCUT2D eigenvalue weighted by Crippen LogP contribution is -1.87. The molecule has 2 nitrogen and oxygen atoms in total. The molecule has 1 heterocycles. The minimum atomic E-state index is 0.529. The van der Waals surface area contributed by atoms with Crippen LogP contribution in [0.3, 0.4) is 0 Å². The molecule has 1 aromatic rings. The number of aliphatic hydroxyl groups excluding tert-OH is 1. The Morgan fingerprint density at radius 3 is 3.00 bits per heavy atom. The van der Waals surface area contributed by atoms with Gasteiger partial charge in [0.15, 0.2) is 0 Å². The van der Waals surface area contributed by atoms with Crippen molar-refractivity contribution in [3.63, 3.8) is 0 Å². The highest BCUT2D eigenvalue weighted by atomic mass is 16.3. The van der Waals surface area contributed by atoms with Crippen molar-refractivity contribution in [3.8, 4) is 0 Å². The van der Waals surface area contributed by atoms with E-state index in [9.17, 15) is 0 Å². The van der Waals surface area contributed by atoms with Gasteiger partial charge in [-0.3, -0.25) is 4.98 Å². The van der Waals surface area contributed by atoms with Gasteiger partial charge < -0.3 is 5.11 Å². The average Bonchev–Trinajstić information content (AvgIpc) is 1.91. The number of hydrogen-bond acceptors (Lipinski definition) is 2. The van der Waals surface area contributed by atoms with Gasteiger partial charge in [0.1, 0.15) is 0 Å². The maximum atomic E-state index is 8.35. The molecular formula is C7H8NO. The first-order chi connectivity index (χ1) is 4.43. The van der Waals surface area contributed by atoms with Gasteiger partial charge in [0.2, 0.25) is 0 Å². The molecule has 0 unspecified atom stereocenters. The maximum Gasteiger partial charge on any atom is 0.0858 e. The van der Waals surface area contributed by atoms with Crippen molar-refractivity contribution in [1.82, 2.24) is 4.98 Å². The van der Waals surface area contributed by atoms with Crippen LogP contribution < -0.4 is 0 Å². The lowest BCUT2D eigenvalue weighted by atomic mass is 10.3. The molecule has 0 spiro atoms. The Kier molecular flexibility index (Phi) is 2.22. The van der Waals surface area contributed by atoms with E-state index in [1.165, 1.54) is 0 Å². The van der Waals surface area contributed by atoms with E-state index in [0.717, 1.165) is 12.3 Å². The molecule has 0 saturated heterocycles. The fraction of sp³-hybridized carbons (Fsp3) is 0.143. The maximum absolute atomic E-state index is 8.35. The Balaban J connectivity index is 2.61. The predicted molar refractivity (Wildman–Crippen MR) is 34.2 cm³/mol. The van der Waals surface area contributed by atoms with Gasteiger partial charge in [0.05, 0.1) is 6.61 Å².